The molecule has 1 saturated carbocycles. The first kappa shape index (κ1) is 10.7. The number of hydrogen-bond donors (Lipinski definition) is 0. The number of benzene rings is 1. The maximum Gasteiger partial charge on any atom is 0.146 e. The summed E-state index contributed by atoms with van der Waals surface area (Å²) in [6, 6.07) is 10.2. The van der Waals surface area contributed by atoms with Gasteiger partial charge in [0.05, 0.1) is 5.25 Å². The van der Waals surface area contributed by atoms with Crippen LogP contribution in [0.3, 0.4) is 0 Å². The standard InChI is InChI=1S/C13H16OS/c1-10-7-8-12(14)13(9-10)15-11-5-3-2-4-6-11/h2-6,10,13H,7-9H2,1H3. The van der Waals surface area contributed by atoms with E-state index >= 15 is 0 Å². The van der Waals surface area contributed by atoms with Crippen LogP contribution in [-0.2, 0) is 4.79 Å². The molecule has 0 amide bonds. The van der Waals surface area contributed by atoms with Crippen molar-refractivity contribution in [1.82, 2.24) is 0 Å². The van der Waals surface area contributed by atoms with E-state index in [1.54, 1.807) is 11.8 Å². The second-order valence-electron chi connectivity index (χ2n) is 4.27. The Bertz CT molecular complexity index is 334. The molecule has 1 fully saturated rings. The van der Waals surface area contributed by atoms with Crippen LogP contribution >= 0.6 is 11.8 Å². The fraction of sp³-hybridized carbons (Fsp3) is 0.462. The van der Waals surface area contributed by atoms with Gasteiger partial charge in [-0.1, -0.05) is 25.1 Å². The Labute approximate surface area is 95.3 Å². The minimum atomic E-state index is 0.191. The van der Waals surface area contributed by atoms with Crippen LogP contribution in [0.5, 0.6) is 0 Å². The Hall–Kier alpha value is -0.760. The largest absolute Gasteiger partial charge is 0.298 e. The number of carbonyl (C=O) groups is 1. The van der Waals surface area contributed by atoms with Crippen LogP contribution < -0.4 is 0 Å². The number of hydrogen-bond acceptors (Lipinski definition) is 2. The number of ketones is 1. The summed E-state index contributed by atoms with van der Waals surface area (Å²) in [7, 11) is 0. The quantitative estimate of drug-likeness (QED) is 0.758. The summed E-state index contributed by atoms with van der Waals surface area (Å²) in [5.74, 6) is 1.13. The summed E-state index contributed by atoms with van der Waals surface area (Å²) in [6.07, 6.45) is 2.88. The molecule has 1 aromatic rings. The zero-order chi connectivity index (χ0) is 10.7. The van der Waals surface area contributed by atoms with Crippen molar-refractivity contribution < 1.29 is 4.79 Å². The third-order valence-electron chi connectivity index (χ3n) is 2.88. The molecule has 15 heavy (non-hydrogen) atoms. The Kier molecular flexibility index (Phi) is 3.47. The molecule has 0 aromatic heterocycles. The topological polar surface area (TPSA) is 17.1 Å². The highest BCUT2D eigenvalue weighted by Crippen LogP contribution is 2.33. The highest BCUT2D eigenvalue weighted by Gasteiger charge is 2.26. The van der Waals surface area contributed by atoms with Crippen LogP contribution in [0, 0.1) is 5.92 Å². The van der Waals surface area contributed by atoms with Crippen LogP contribution in [0.1, 0.15) is 26.2 Å². The van der Waals surface area contributed by atoms with Crippen LogP contribution in [0.2, 0.25) is 0 Å². The molecule has 0 bridgehead atoms. The average molecular weight is 220 g/mol. The minimum absolute atomic E-state index is 0.191. The lowest BCUT2D eigenvalue weighted by molar-refractivity contribution is -0.120. The van der Waals surface area contributed by atoms with Gasteiger partial charge >= 0.3 is 0 Å². The summed E-state index contributed by atoms with van der Waals surface area (Å²) in [4.78, 5) is 12.9. The lowest BCUT2D eigenvalue weighted by atomic mass is 9.90. The Morgan fingerprint density at radius 1 is 1.27 bits per heavy atom. The number of rotatable bonds is 2. The van der Waals surface area contributed by atoms with Gasteiger partial charge in [0.1, 0.15) is 5.78 Å². The molecule has 0 heterocycles. The number of carbonyl (C=O) groups excluding carboxylic acids is 1. The molecule has 0 aliphatic heterocycles. The fourth-order valence-corrected chi connectivity index (χ4v) is 3.26. The van der Waals surface area contributed by atoms with Gasteiger partial charge < -0.3 is 0 Å². The van der Waals surface area contributed by atoms with Gasteiger partial charge in [-0.05, 0) is 30.9 Å². The van der Waals surface area contributed by atoms with Crippen LogP contribution in [0.4, 0.5) is 0 Å². The molecule has 2 rings (SSSR count). The lowest BCUT2D eigenvalue weighted by Gasteiger charge is -2.24. The smallest absolute Gasteiger partial charge is 0.146 e. The van der Waals surface area contributed by atoms with E-state index in [-0.39, 0.29) is 5.25 Å². The van der Waals surface area contributed by atoms with Gasteiger partial charge in [-0.3, -0.25) is 4.79 Å². The van der Waals surface area contributed by atoms with E-state index in [1.807, 2.05) is 18.2 Å². The molecule has 1 aromatic carbocycles. The Balaban J connectivity index is 2.01. The van der Waals surface area contributed by atoms with Gasteiger partial charge in [0.15, 0.2) is 0 Å². The molecule has 2 unspecified atom stereocenters. The van der Waals surface area contributed by atoms with Gasteiger partial charge in [0.2, 0.25) is 0 Å². The number of thioether (sulfide) groups is 1. The lowest BCUT2D eigenvalue weighted by Crippen LogP contribution is -2.25. The van der Waals surface area contributed by atoms with Crippen LogP contribution in [0.25, 0.3) is 0 Å². The highest BCUT2D eigenvalue weighted by atomic mass is 32.2. The summed E-state index contributed by atoms with van der Waals surface area (Å²) >= 11 is 1.73. The molecule has 0 saturated heterocycles. The molecule has 2 atom stereocenters. The zero-order valence-electron chi connectivity index (χ0n) is 8.98. The van der Waals surface area contributed by atoms with Gasteiger partial charge in [0, 0.05) is 11.3 Å². The summed E-state index contributed by atoms with van der Waals surface area (Å²) in [6.45, 7) is 2.24. The molecule has 1 aliphatic rings. The fourth-order valence-electron chi connectivity index (χ4n) is 1.94. The van der Waals surface area contributed by atoms with Crippen molar-refractivity contribution in [2.75, 3.05) is 0 Å². The molecular weight excluding hydrogens is 204 g/mol. The van der Waals surface area contributed by atoms with Crippen molar-refractivity contribution in [1.29, 1.82) is 0 Å². The Morgan fingerprint density at radius 2 is 2.00 bits per heavy atom. The van der Waals surface area contributed by atoms with E-state index in [2.05, 4.69) is 19.1 Å². The van der Waals surface area contributed by atoms with Crippen LogP contribution in [0.15, 0.2) is 35.2 Å². The van der Waals surface area contributed by atoms with Gasteiger partial charge in [-0.25, -0.2) is 0 Å². The molecule has 2 heteroatoms. The second kappa shape index (κ2) is 4.84. The van der Waals surface area contributed by atoms with Crippen LogP contribution in [-0.4, -0.2) is 11.0 Å². The van der Waals surface area contributed by atoms with E-state index in [0.29, 0.717) is 11.7 Å². The molecule has 0 radical (unpaired) electrons. The highest BCUT2D eigenvalue weighted by molar-refractivity contribution is 8.00. The SMILES string of the molecule is CC1CCC(=O)C(Sc2ccccc2)C1. The van der Waals surface area contributed by atoms with Gasteiger partial charge in [-0.15, -0.1) is 11.8 Å². The third-order valence-corrected chi connectivity index (χ3v) is 4.16. The van der Waals surface area contributed by atoms with Crippen molar-refractivity contribution in [3.05, 3.63) is 30.3 Å². The van der Waals surface area contributed by atoms with Gasteiger partial charge in [-0.2, -0.15) is 0 Å². The van der Waals surface area contributed by atoms with E-state index < -0.39 is 0 Å². The average Bonchev–Trinajstić information content (AvgIpc) is 2.25. The summed E-state index contributed by atoms with van der Waals surface area (Å²) in [5.41, 5.74) is 0. The first-order chi connectivity index (χ1) is 7.25. The second-order valence-corrected chi connectivity index (χ2v) is 5.54. The Morgan fingerprint density at radius 3 is 2.73 bits per heavy atom. The van der Waals surface area contributed by atoms with E-state index in [4.69, 9.17) is 0 Å². The minimum Gasteiger partial charge on any atom is -0.298 e. The molecular formula is C13H16OS. The first-order valence-electron chi connectivity index (χ1n) is 5.50. The first-order valence-corrected chi connectivity index (χ1v) is 6.38. The third kappa shape index (κ3) is 2.85. The zero-order valence-corrected chi connectivity index (χ0v) is 9.80. The molecule has 80 valence electrons. The summed E-state index contributed by atoms with van der Waals surface area (Å²) < 4.78 is 0. The maximum absolute atomic E-state index is 11.7. The van der Waals surface area contributed by atoms with Crippen molar-refractivity contribution in [2.45, 2.75) is 36.3 Å². The molecule has 1 nitrogen and oxygen atoms in total. The van der Waals surface area contributed by atoms with Crippen molar-refractivity contribution in [2.24, 2.45) is 5.92 Å². The molecule has 0 spiro atoms. The maximum atomic E-state index is 11.7. The predicted octanol–water partition coefficient (Wildman–Crippen LogP) is 3.54. The molecule has 1 aliphatic carbocycles. The van der Waals surface area contributed by atoms with Crippen molar-refractivity contribution in [3.63, 3.8) is 0 Å². The predicted molar refractivity (Wildman–Crippen MR) is 64.1 cm³/mol. The number of Topliss-reactive ketones (excluding diaryl/α,β-unsaturated/α-hetero) is 1. The van der Waals surface area contributed by atoms with Crippen molar-refractivity contribution in [3.8, 4) is 0 Å². The van der Waals surface area contributed by atoms with E-state index in [0.717, 1.165) is 19.3 Å². The van der Waals surface area contributed by atoms with E-state index in [1.165, 1.54) is 4.90 Å². The summed E-state index contributed by atoms with van der Waals surface area (Å²) in [5, 5.41) is 0.191. The van der Waals surface area contributed by atoms with Crippen molar-refractivity contribution >= 4 is 17.5 Å². The van der Waals surface area contributed by atoms with E-state index in [9.17, 15) is 4.79 Å². The van der Waals surface area contributed by atoms with Gasteiger partial charge in [0.25, 0.3) is 0 Å². The molecule has 0 N–H and O–H groups in total. The monoisotopic (exact) mass is 220 g/mol. The normalized spacial score (nSPS) is 26.6.